The molecule has 2 aromatic carbocycles. The van der Waals surface area contributed by atoms with E-state index < -0.39 is 5.41 Å². The second kappa shape index (κ2) is 8.02. The molecule has 3 rings (SSSR count). The smallest absolute Gasteiger partial charge is 0.262 e. The van der Waals surface area contributed by atoms with Gasteiger partial charge in [-0.25, -0.2) is 0 Å². The van der Waals surface area contributed by atoms with Crippen LogP contribution in [0.5, 0.6) is 5.75 Å². The lowest BCUT2D eigenvalue weighted by Crippen LogP contribution is -2.38. The highest BCUT2D eigenvalue weighted by molar-refractivity contribution is 6.35. The van der Waals surface area contributed by atoms with Gasteiger partial charge in [0.1, 0.15) is 5.75 Å². The predicted octanol–water partition coefficient (Wildman–Crippen LogP) is 4.95. The van der Waals surface area contributed by atoms with E-state index in [4.69, 9.17) is 27.9 Å². The Morgan fingerprint density at radius 1 is 1.14 bits per heavy atom. The number of halogens is 2. The Morgan fingerprint density at radius 3 is 2.57 bits per heavy atom. The van der Waals surface area contributed by atoms with Crippen molar-refractivity contribution in [2.45, 2.75) is 27.2 Å². The van der Waals surface area contributed by atoms with Crippen LogP contribution >= 0.6 is 23.2 Å². The molecule has 1 heterocycles. The van der Waals surface area contributed by atoms with Crippen LogP contribution in [0, 0.1) is 5.41 Å². The number of benzene rings is 2. The molecule has 148 valence electrons. The first-order chi connectivity index (χ1) is 13.1. The molecule has 0 bridgehead atoms. The highest BCUT2D eigenvalue weighted by atomic mass is 35.5. The fourth-order valence-electron chi connectivity index (χ4n) is 3.03. The van der Waals surface area contributed by atoms with E-state index in [0.29, 0.717) is 28.0 Å². The maximum Gasteiger partial charge on any atom is 0.262 e. The van der Waals surface area contributed by atoms with Gasteiger partial charge < -0.3 is 15.0 Å². The number of ether oxygens (including phenoxy) is 1. The number of carbonyl (C=O) groups is 2. The van der Waals surface area contributed by atoms with Crippen LogP contribution in [0.4, 0.5) is 11.4 Å². The third kappa shape index (κ3) is 4.59. The summed E-state index contributed by atoms with van der Waals surface area (Å²) in [6.07, 6.45) is 0.762. The van der Waals surface area contributed by atoms with Gasteiger partial charge in [0, 0.05) is 28.4 Å². The molecule has 0 atom stereocenters. The van der Waals surface area contributed by atoms with Crippen molar-refractivity contribution in [2.75, 3.05) is 23.4 Å². The van der Waals surface area contributed by atoms with E-state index in [0.717, 1.165) is 17.7 Å². The fourth-order valence-corrected chi connectivity index (χ4v) is 3.49. The Labute approximate surface area is 174 Å². The van der Waals surface area contributed by atoms with Gasteiger partial charge >= 0.3 is 0 Å². The first-order valence-electron chi connectivity index (χ1n) is 8.98. The van der Waals surface area contributed by atoms with Crippen molar-refractivity contribution >= 4 is 46.4 Å². The molecule has 0 aromatic heterocycles. The molecule has 0 saturated heterocycles. The molecule has 5 nitrogen and oxygen atoms in total. The van der Waals surface area contributed by atoms with Gasteiger partial charge in [0.05, 0.1) is 5.02 Å². The fraction of sp³-hybridized carbons (Fsp3) is 0.333. The summed E-state index contributed by atoms with van der Waals surface area (Å²) in [7, 11) is 0. The standard InChI is InChI=1S/C21H22Cl2N2O3/c1-21(2,3)20(27)25-9-8-13-10-15(5-6-17(13)25)24-19(26)12-28-18-7-4-14(22)11-16(18)23/h4-7,10-11H,8-9,12H2,1-3H3,(H,24,26). The van der Waals surface area contributed by atoms with Crippen molar-refractivity contribution in [2.24, 2.45) is 5.41 Å². The molecule has 1 aliphatic heterocycles. The van der Waals surface area contributed by atoms with E-state index in [1.54, 1.807) is 24.3 Å². The first kappa shape index (κ1) is 20.5. The molecule has 2 amide bonds. The summed E-state index contributed by atoms with van der Waals surface area (Å²) in [5.74, 6) is 0.189. The van der Waals surface area contributed by atoms with Crippen molar-refractivity contribution in [1.82, 2.24) is 0 Å². The van der Waals surface area contributed by atoms with Crippen molar-refractivity contribution < 1.29 is 14.3 Å². The van der Waals surface area contributed by atoms with Crippen molar-refractivity contribution in [3.8, 4) is 5.75 Å². The number of rotatable bonds is 4. The zero-order valence-electron chi connectivity index (χ0n) is 16.0. The number of carbonyl (C=O) groups excluding carboxylic acids is 2. The summed E-state index contributed by atoms with van der Waals surface area (Å²) in [5, 5.41) is 3.66. The van der Waals surface area contributed by atoms with Crippen LogP contribution < -0.4 is 15.0 Å². The van der Waals surface area contributed by atoms with Gasteiger partial charge in [-0.15, -0.1) is 0 Å². The van der Waals surface area contributed by atoms with Gasteiger partial charge in [0.15, 0.2) is 6.61 Å². The monoisotopic (exact) mass is 420 g/mol. The highest BCUT2D eigenvalue weighted by Crippen LogP contribution is 2.33. The molecule has 1 aliphatic rings. The van der Waals surface area contributed by atoms with Crippen LogP contribution in [0.2, 0.25) is 10.0 Å². The summed E-state index contributed by atoms with van der Waals surface area (Å²) >= 11 is 11.9. The van der Waals surface area contributed by atoms with Crippen LogP contribution in [-0.2, 0) is 16.0 Å². The number of nitrogens with one attached hydrogen (secondary N) is 1. The molecule has 2 aromatic rings. The maximum absolute atomic E-state index is 12.6. The first-order valence-corrected chi connectivity index (χ1v) is 9.73. The minimum Gasteiger partial charge on any atom is -0.482 e. The second-order valence-corrected chi connectivity index (χ2v) is 8.56. The van der Waals surface area contributed by atoms with Gasteiger partial charge in [-0.05, 0) is 48.4 Å². The van der Waals surface area contributed by atoms with Gasteiger partial charge in [-0.1, -0.05) is 44.0 Å². The van der Waals surface area contributed by atoms with Crippen LogP contribution in [0.3, 0.4) is 0 Å². The summed E-state index contributed by atoms with van der Waals surface area (Å²) in [4.78, 5) is 26.6. The quantitative estimate of drug-likeness (QED) is 0.761. The summed E-state index contributed by atoms with van der Waals surface area (Å²) in [5.41, 5.74) is 2.17. The molecule has 0 aliphatic carbocycles. The average Bonchev–Trinajstić information content (AvgIpc) is 3.02. The normalized spacial score (nSPS) is 13.2. The number of hydrogen-bond donors (Lipinski definition) is 1. The Morgan fingerprint density at radius 2 is 1.89 bits per heavy atom. The van der Waals surface area contributed by atoms with Gasteiger partial charge in [-0.3, -0.25) is 9.59 Å². The molecule has 0 spiro atoms. The molecular weight excluding hydrogens is 399 g/mol. The van der Waals surface area contributed by atoms with Gasteiger partial charge in [-0.2, -0.15) is 0 Å². The van der Waals surface area contributed by atoms with E-state index >= 15 is 0 Å². The molecule has 1 N–H and O–H groups in total. The molecule has 0 saturated carbocycles. The third-order valence-electron chi connectivity index (χ3n) is 4.40. The van der Waals surface area contributed by atoms with E-state index in [2.05, 4.69) is 5.32 Å². The number of amides is 2. The van der Waals surface area contributed by atoms with E-state index in [-0.39, 0.29) is 18.4 Å². The zero-order valence-corrected chi connectivity index (χ0v) is 17.5. The molecular formula is C21H22Cl2N2O3. The number of fused-ring (bicyclic) bond motifs is 1. The Hall–Kier alpha value is -2.24. The largest absolute Gasteiger partial charge is 0.482 e. The number of anilines is 2. The number of hydrogen-bond acceptors (Lipinski definition) is 3. The lowest BCUT2D eigenvalue weighted by molar-refractivity contribution is -0.125. The maximum atomic E-state index is 12.6. The highest BCUT2D eigenvalue weighted by Gasteiger charge is 2.32. The van der Waals surface area contributed by atoms with Crippen molar-refractivity contribution in [3.63, 3.8) is 0 Å². The van der Waals surface area contributed by atoms with Crippen molar-refractivity contribution in [3.05, 3.63) is 52.0 Å². The van der Waals surface area contributed by atoms with E-state index in [1.807, 2.05) is 37.8 Å². The minimum absolute atomic E-state index is 0.0938. The lowest BCUT2D eigenvalue weighted by atomic mass is 9.94. The Balaban J connectivity index is 1.63. The molecule has 0 unspecified atom stereocenters. The average molecular weight is 421 g/mol. The van der Waals surface area contributed by atoms with E-state index in [1.165, 1.54) is 0 Å². The number of nitrogens with zero attached hydrogens (tertiary/aromatic N) is 1. The Bertz CT molecular complexity index is 922. The predicted molar refractivity (Wildman–Crippen MR) is 113 cm³/mol. The van der Waals surface area contributed by atoms with Gasteiger partial charge in [0.25, 0.3) is 5.91 Å². The zero-order chi connectivity index (χ0) is 20.5. The minimum atomic E-state index is -0.436. The van der Waals surface area contributed by atoms with Crippen molar-refractivity contribution in [1.29, 1.82) is 0 Å². The third-order valence-corrected chi connectivity index (χ3v) is 4.93. The molecule has 0 radical (unpaired) electrons. The summed E-state index contributed by atoms with van der Waals surface area (Å²) in [6, 6.07) is 10.4. The molecule has 0 fully saturated rings. The SMILES string of the molecule is CC(C)(C)C(=O)N1CCc2cc(NC(=O)COc3ccc(Cl)cc3Cl)ccc21. The van der Waals surface area contributed by atoms with Crippen LogP contribution in [-0.4, -0.2) is 25.0 Å². The molecule has 7 heteroatoms. The van der Waals surface area contributed by atoms with Crippen LogP contribution in [0.15, 0.2) is 36.4 Å². The summed E-state index contributed by atoms with van der Waals surface area (Å²) in [6.45, 7) is 6.21. The topological polar surface area (TPSA) is 58.6 Å². The molecule has 28 heavy (non-hydrogen) atoms. The Kier molecular flexibility index (Phi) is 5.87. The second-order valence-electron chi connectivity index (χ2n) is 7.71. The van der Waals surface area contributed by atoms with Crippen LogP contribution in [0.1, 0.15) is 26.3 Å². The summed E-state index contributed by atoms with van der Waals surface area (Å²) < 4.78 is 5.45. The van der Waals surface area contributed by atoms with Gasteiger partial charge in [0.2, 0.25) is 5.91 Å². The lowest BCUT2D eigenvalue weighted by Gasteiger charge is -2.26. The van der Waals surface area contributed by atoms with Crippen LogP contribution in [0.25, 0.3) is 0 Å². The van der Waals surface area contributed by atoms with E-state index in [9.17, 15) is 9.59 Å².